The number of rotatable bonds is 3. The summed E-state index contributed by atoms with van der Waals surface area (Å²) in [4.78, 5) is 6.91. The number of nitrogens with zero attached hydrogens (tertiary/aromatic N) is 4. The Morgan fingerprint density at radius 1 is 1.20 bits per heavy atom. The lowest BCUT2D eigenvalue weighted by Gasteiger charge is -2.31. The third kappa shape index (κ3) is 3.12. The molecule has 0 aliphatic carbocycles. The lowest BCUT2D eigenvalue weighted by Crippen LogP contribution is -2.43. The molecule has 1 unspecified atom stereocenters. The molecule has 1 saturated heterocycles. The highest BCUT2D eigenvalue weighted by atomic mass is 15.3. The second kappa shape index (κ2) is 6.48. The minimum Gasteiger partial charge on any atom is -0.353 e. The summed E-state index contributed by atoms with van der Waals surface area (Å²) < 4.78 is 1.92. The quantitative estimate of drug-likeness (QED) is 0.796. The van der Waals surface area contributed by atoms with Crippen molar-refractivity contribution in [3.05, 3.63) is 48.3 Å². The summed E-state index contributed by atoms with van der Waals surface area (Å²) >= 11 is 0. The topological polar surface area (TPSA) is 59.5 Å². The standard InChI is InChI=1S/C20H25N5/c1-14(2)15-5-7-16(8-6-15)18-12-19-20(22-9-11-25(19)23-18)24-10-3-4-17(21)13-24/h5-9,11-12,14,17H,3-4,10,13,21H2,1-2H3. The minimum atomic E-state index is 0.224. The van der Waals surface area contributed by atoms with Crippen LogP contribution >= 0.6 is 0 Å². The van der Waals surface area contributed by atoms with Gasteiger partial charge in [0.05, 0.1) is 5.69 Å². The molecule has 3 heterocycles. The lowest BCUT2D eigenvalue weighted by atomic mass is 10.0. The van der Waals surface area contributed by atoms with E-state index >= 15 is 0 Å². The van der Waals surface area contributed by atoms with Crippen molar-refractivity contribution in [2.75, 3.05) is 18.0 Å². The maximum atomic E-state index is 6.15. The van der Waals surface area contributed by atoms with E-state index < -0.39 is 0 Å². The molecule has 3 aromatic rings. The van der Waals surface area contributed by atoms with E-state index in [1.54, 1.807) is 0 Å². The van der Waals surface area contributed by atoms with Crippen LogP contribution in [0.15, 0.2) is 42.7 Å². The van der Waals surface area contributed by atoms with Gasteiger partial charge in [0.25, 0.3) is 0 Å². The second-order valence-corrected chi connectivity index (χ2v) is 7.24. The van der Waals surface area contributed by atoms with Crippen molar-refractivity contribution in [3.8, 4) is 11.3 Å². The lowest BCUT2D eigenvalue weighted by molar-refractivity contribution is 0.503. The Morgan fingerprint density at radius 3 is 2.72 bits per heavy atom. The summed E-state index contributed by atoms with van der Waals surface area (Å²) in [5, 5.41) is 4.75. The van der Waals surface area contributed by atoms with Crippen LogP contribution in [0.25, 0.3) is 16.8 Å². The van der Waals surface area contributed by atoms with Crippen LogP contribution in [0.1, 0.15) is 38.2 Å². The van der Waals surface area contributed by atoms with Gasteiger partial charge in [0.2, 0.25) is 0 Å². The smallest absolute Gasteiger partial charge is 0.154 e. The number of hydrogen-bond acceptors (Lipinski definition) is 4. The Bertz CT molecular complexity index is 865. The fraction of sp³-hybridized carbons (Fsp3) is 0.400. The van der Waals surface area contributed by atoms with Gasteiger partial charge < -0.3 is 10.6 Å². The first-order valence-electron chi connectivity index (χ1n) is 9.07. The van der Waals surface area contributed by atoms with Crippen molar-refractivity contribution in [1.29, 1.82) is 0 Å². The maximum Gasteiger partial charge on any atom is 0.154 e. The third-order valence-corrected chi connectivity index (χ3v) is 5.00. The normalized spacial score (nSPS) is 18.2. The molecule has 130 valence electrons. The SMILES string of the molecule is CC(C)c1ccc(-c2cc3c(N4CCCC(N)C4)nccn3n2)cc1. The average molecular weight is 335 g/mol. The van der Waals surface area contributed by atoms with E-state index in [0.717, 1.165) is 48.5 Å². The van der Waals surface area contributed by atoms with E-state index in [1.165, 1.54) is 5.56 Å². The third-order valence-electron chi connectivity index (χ3n) is 5.00. The van der Waals surface area contributed by atoms with Crippen molar-refractivity contribution < 1.29 is 0 Å². The highest BCUT2D eigenvalue weighted by molar-refractivity contribution is 5.75. The molecule has 25 heavy (non-hydrogen) atoms. The van der Waals surface area contributed by atoms with Crippen LogP contribution in [-0.2, 0) is 0 Å². The summed E-state index contributed by atoms with van der Waals surface area (Å²) in [6.45, 7) is 6.28. The molecule has 1 fully saturated rings. The number of hydrogen-bond donors (Lipinski definition) is 1. The molecule has 0 radical (unpaired) electrons. The molecule has 1 atom stereocenters. The summed E-state index contributed by atoms with van der Waals surface area (Å²) in [7, 11) is 0. The fourth-order valence-corrected chi connectivity index (χ4v) is 3.53. The first-order valence-corrected chi connectivity index (χ1v) is 9.07. The molecule has 2 N–H and O–H groups in total. The summed E-state index contributed by atoms with van der Waals surface area (Å²) in [6.07, 6.45) is 5.93. The van der Waals surface area contributed by atoms with Gasteiger partial charge in [-0.1, -0.05) is 38.1 Å². The zero-order valence-corrected chi connectivity index (χ0v) is 14.9. The van der Waals surface area contributed by atoms with Crippen LogP contribution < -0.4 is 10.6 Å². The highest BCUT2D eigenvalue weighted by Gasteiger charge is 2.20. The molecule has 1 aliphatic heterocycles. The first-order chi connectivity index (χ1) is 12.1. The second-order valence-electron chi connectivity index (χ2n) is 7.24. The van der Waals surface area contributed by atoms with Crippen LogP contribution in [0.3, 0.4) is 0 Å². The number of benzene rings is 1. The van der Waals surface area contributed by atoms with Gasteiger partial charge in [-0.15, -0.1) is 0 Å². The molecule has 5 heteroatoms. The molecule has 0 spiro atoms. The van der Waals surface area contributed by atoms with Crippen LogP contribution in [-0.4, -0.2) is 33.7 Å². The molecule has 0 saturated carbocycles. The molecule has 4 rings (SSSR count). The van der Waals surface area contributed by atoms with E-state index in [4.69, 9.17) is 10.8 Å². The van der Waals surface area contributed by atoms with Crippen molar-refractivity contribution in [2.45, 2.75) is 38.6 Å². The Kier molecular flexibility index (Phi) is 4.17. The van der Waals surface area contributed by atoms with Gasteiger partial charge in [0.15, 0.2) is 5.82 Å². The molecular formula is C20H25N5. The van der Waals surface area contributed by atoms with E-state index in [2.05, 4.69) is 54.1 Å². The zero-order chi connectivity index (χ0) is 17.4. The predicted molar refractivity (Wildman–Crippen MR) is 102 cm³/mol. The molecule has 2 aromatic heterocycles. The van der Waals surface area contributed by atoms with Gasteiger partial charge in [-0.05, 0) is 30.4 Å². The summed E-state index contributed by atoms with van der Waals surface area (Å²) in [6, 6.07) is 11.0. The number of piperidine rings is 1. The van der Waals surface area contributed by atoms with Crippen molar-refractivity contribution in [3.63, 3.8) is 0 Å². The Labute approximate surface area is 148 Å². The zero-order valence-electron chi connectivity index (χ0n) is 14.9. The van der Waals surface area contributed by atoms with Gasteiger partial charge in [-0.2, -0.15) is 5.10 Å². The predicted octanol–water partition coefficient (Wildman–Crippen LogP) is 3.45. The molecule has 1 aliphatic rings. The van der Waals surface area contributed by atoms with Gasteiger partial charge >= 0.3 is 0 Å². The Balaban J connectivity index is 1.71. The van der Waals surface area contributed by atoms with Crippen molar-refractivity contribution in [2.24, 2.45) is 5.73 Å². The van der Waals surface area contributed by atoms with Crippen LogP contribution in [0.4, 0.5) is 5.82 Å². The summed E-state index contributed by atoms with van der Waals surface area (Å²) in [5.41, 5.74) is 10.6. The number of anilines is 1. The molecule has 0 bridgehead atoms. The van der Waals surface area contributed by atoms with Crippen molar-refractivity contribution in [1.82, 2.24) is 14.6 Å². The highest BCUT2D eigenvalue weighted by Crippen LogP contribution is 2.27. The average Bonchev–Trinajstić information content (AvgIpc) is 3.06. The van der Waals surface area contributed by atoms with Gasteiger partial charge in [0.1, 0.15) is 5.52 Å². The van der Waals surface area contributed by atoms with Crippen LogP contribution in [0.5, 0.6) is 0 Å². The molecule has 5 nitrogen and oxygen atoms in total. The van der Waals surface area contributed by atoms with Gasteiger partial charge in [-0.3, -0.25) is 0 Å². The van der Waals surface area contributed by atoms with Gasteiger partial charge in [-0.25, -0.2) is 9.50 Å². The largest absolute Gasteiger partial charge is 0.353 e. The molecule has 1 aromatic carbocycles. The Hall–Kier alpha value is -2.40. The van der Waals surface area contributed by atoms with Crippen molar-refractivity contribution >= 4 is 11.3 Å². The number of fused-ring (bicyclic) bond motifs is 1. The fourth-order valence-electron chi connectivity index (χ4n) is 3.53. The molecule has 0 amide bonds. The van der Waals surface area contributed by atoms with Gasteiger partial charge in [0, 0.05) is 37.1 Å². The minimum absolute atomic E-state index is 0.224. The van der Waals surface area contributed by atoms with E-state index in [0.29, 0.717) is 5.92 Å². The van der Waals surface area contributed by atoms with E-state index in [1.807, 2.05) is 16.9 Å². The Morgan fingerprint density at radius 2 is 2.00 bits per heavy atom. The number of nitrogens with two attached hydrogens (primary N) is 1. The van der Waals surface area contributed by atoms with E-state index in [-0.39, 0.29) is 6.04 Å². The molecular weight excluding hydrogens is 310 g/mol. The van der Waals surface area contributed by atoms with Crippen LogP contribution in [0.2, 0.25) is 0 Å². The monoisotopic (exact) mass is 335 g/mol. The summed E-state index contributed by atoms with van der Waals surface area (Å²) in [5.74, 6) is 1.52. The number of aromatic nitrogens is 3. The van der Waals surface area contributed by atoms with E-state index in [9.17, 15) is 0 Å². The maximum absolute atomic E-state index is 6.15. The first kappa shape index (κ1) is 16.1. The van der Waals surface area contributed by atoms with Crippen LogP contribution in [0, 0.1) is 0 Å².